The first-order valence-electron chi connectivity index (χ1n) is 10.5. The lowest BCUT2D eigenvalue weighted by Crippen LogP contribution is -2.44. The lowest BCUT2D eigenvalue weighted by Gasteiger charge is -2.39. The van der Waals surface area contributed by atoms with E-state index in [0.717, 1.165) is 43.2 Å². The Hall–Kier alpha value is -0.970. The first-order chi connectivity index (χ1) is 11.8. The molecule has 0 radical (unpaired) electrons. The fraction of sp³-hybridized carbons (Fsp3) is 0.870. The number of likely N-dealkylation sites (tertiary alicyclic amines) is 1. The summed E-state index contributed by atoms with van der Waals surface area (Å²) in [6, 6.07) is 0. The van der Waals surface area contributed by atoms with Gasteiger partial charge in [0, 0.05) is 13.1 Å². The van der Waals surface area contributed by atoms with Gasteiger partial charge in [-0.15, -0.1) is 6.42 Å². The highest BCUT2D eigenvalue weighted by Crippen LogP contribution is 2.34. The Bertz CT molecular complexity index is 434. The first kappa shape index (κ1) is 22.1. The third kappa shape index (κ3) is 7.04. The Morgan fingerprint density at radius 2 is 1.56 bits per heavy atom. The summed E-state index contributed by atoms with van der Waals surface area (Å²) in [5.74, 6) is 7.47. The smallest absolute Gasteiger partial charge is 0.234 e. The Morgan fingerprint density at radius 1 is 1.00 bits per heavy atom. The molecule has 0 aromatic heterocycles. The number of carbonyl (C=O) groups is 1. The maximum atomic E-state index is 11.7. The van der Waals surface area contributed by atoms with Crippen LogP contribution in [0.1, 0.15) is 80.1 Å². The zero-order chi connectivity index (χ0) is 19.0. The highest BCUT2D eigenvalue weighted by atomic mass is 16.2. The zero-order valence-electron chi connectivity index (χ0n) is 17.6. The molecule has 1 amide bonds. The molecule has 1 aliphatic heterocycles. The average molecular weight is 348 g/mol. The second-order valence-electron chi connectivity index (χ2n) is 9.06. The molecule has 1 saturated heterocycles. The second kappa shape index (κ2) is 10.9. The van der Waals surface area contributed by atoms with E-state index in [1.54, 1.807) is 0 Å². The van der Waals surface area contributed by atoms with Gasteiger partial charge in [-0.2, -0.15) is 0 Å². The maximum Gasteiger partial charge on any atom is 0.234 e. The van der Waals surface area contributed by atoms with Gasteiger partial charge in [-0.3, -0.25) is 4.79 Å². The number of piperidine rings is 1. The number of rotatable bonds is 3. The minimum absolute atomic E-state index is 0.120. The molecule has 0 bridgehead atoms. The lowest BCUT2D eigenvalue weighted by atomic mass is 9.75. The van der Waals surface area contributed by atoms with Gasteiger partial charge < -0.3 is 4.90 Å². The van der Waals surface area contributed by atoms with E-state index in [1.165, 1.54) is 25.7 Å². The van der Waals surface area contributed by atoms with Gasteiger partial charge >= 0.3 is 0 Å². The van der Waals surface area contributed by atoms with Gasteiger partial charge in [-0.1, -0.05) is 66.7 Å². The van der Waals surface area contributed by atoms with Crippen molar-refractivity contribution in [3.05, 3.63) is 0 Å². The van der Waals surface area contributed by atoms with Gasteiger partial charge in [0.05, 0.1) is 6.42 Å². The predicted octanol–water partition coefficient (Wildman–Crippen LogP) is 5.62. The third-order valence-electron chi connectivity index (χ3n) is 6.51. The Labute approximate surface area is 157 Å². The number of nitrogens with zero attached hydrogens (tertiary/aromatic N) is 1. The Kier molecular flexibility index (Phi) is 9.62. The molecule has 0 aromatic rings. The summed E-state index contributed by atoms with van der Waals surface area (Å²) in [7, 11) is 0. The summed E-state index contributed by atoms with van der Waals surface area (Å²) in [4.78, 5) is 13.6. The van der Waals surface area contributed by atoms with E-state index < -0.39 is 0 Å². The summed E-state index contributed by atoms with van der Waals surface area (Å²) in [6.45, 7) is 15.7. The van der Waals surface area contributed by atoms with Crippen molar-refractivity contribution in [3.8, 4) is 12.3 Å². The molecule has 1 aliphatic carbocycles. The van der Waals surface area contributed by atoms with Gasteiger partial charge in [0.2, 0.25) is 5.91 Å². The fourth-order valence-corrected chi connectivity index (χ4v) is 4.73. The summed E-state index contributed by atoms with van der Waals surface area (Å²) < 4.78 is 0. The SMILES string of the molecule is C#CCC(=O)N1CCC(C)C(C(C)C)C1.CC(C)C1CCCCC1C. The Morgan fingerprint density at radius 3 is 2.04 bits per heavy atom. The molecule has 1 saturated carbocycles. The van der Waals surface area contributed by atoms with E-state index in [0.29, 0.717) is 11.8 Å². The number of hydrogen-bond acceptors (Lipinski definition) is 1. The molecule has 0 aromatic carbocycles. The number of amides is 1. The van der Waals surface area contributed by atoms with Crippen LogP contribution in [-0.2, 0) is 4.79 Å². The molecule has 2 fully saturated rings. The molecule has 0 spiro atoms. The normalized spacial score (nSPS) is 29.8. The molecule has 2 aliphatic rings. The van der Waals surface area contributed by atoms with Crippen molar-refractivity contribution >= 4 is 5.91 Å². The van der Waals surface area contributed by atoms with Crippen molar-refractivity contribution in [1.82, 2.24) is 4.90 Å². The van der Waals surface area contributed by atoms with E-state index in [4.69, 9.17) is 6.42 Å². The van der Waals surface area contributed by atoms with Crippen molar-refractivity contribution in [2.24, 2.45) is 35.5 Å². The van der Waals surface area contributed by atoms with E-state index in [-0.39, 0.29) is 12.3 Å². The van der Waals surface area contributed by atoms with E-state index >= 15 is 0 Å². The molecule has 144 valence electrons. The zero-order valence-corrected chi connectivity index (χ0v) is 17.6. The van der Waals surface area contributed by atoms with Crippen molar-refractivity contribution < 1.29 is 4.79 Å². The largest absolute Gasteiger partial charge is 0.342 e. The molecule has 1 heterocycles. The number of carbonyl (C=O) groups excluding carboxylic acids is 1. The minimum atomic E-state index is 0.120. The summed E-state index contributed by atoms with van der Waals surface area (Å²) in [6.07, 6.45) is 12.4. The lowest BCUT2D eigenvalue weighted by molar-refractivity contribution is -0.133. The molecule has 2 nitrogen and oxygen atoms in total. The topological polar surface area (TPSA) is 20.3 Å². The van der Waals surface area contributed by atoms with Crippen molar-refractivity contribution in [3.63, 3.8) is 0 Å². The monoisotopic (exact) mass is 347 g/mol. The second-order valence-corrected chi connectivity index (χ2v) is 9.06. The van der Waals surface area contributed by atoms with Crippen LogP contribution in [0.5, 0.6) is 0 Å². The number of terminal acetylenes is 1. The van der Waals surface area contributed by atoms with Gasteiger partial charge in [-0.05, 0) is 48.3 Å². The van der Waals surface area contributed by atoms with Crippen LogP contribution in [0, 0.1) is 47.9 Å². The highest BCUT2D eigenvalue weighted by Gasteiger charge is 2.30. The van der Waals surface area contributed by atoms with Crippen LogP contribution in [0.4, 0.5) is 0 Å². The van der Waals surface area contributed by atoms with Crippen LogP contribution >= 0.6 is 0 Å². The van der Waals surface area contributed by atoms with E-state index in [1.807, 2.05) is 4.90 Å². The summed E-state index contributed by atoms with van der Waals surface area (Å²) >= 11 is 0. The van der Waals surface area contributed by atoms with Crippen molar-refractivity contribution in [1.29, 1.82) is 0 Å². The number of hydrogen-bond donors (Lipinski definition) is 0. The van der Waals surface area contributed by atoms with Crippen LogP contribution in [0.3, 0.4) is 0 Å². The predicted molar refractivity (Wildman–Crippen MR) is 108 cm³/mol. The molecule has 4 atom stereocenters. The summed E-state index contributed by atoms with van der Waals surface area (Å²) in [5, 5.41) is 0. The standard InChI is InChI=1S/C13H21NO.C10H20/c1-5-6-13(15)14-8-7-11(4)12(9-14)10(2)3;1-8(2)10-7-5-4-6-9(10)3/h1,10-12H,6-9H2,2-4H3;8-10H,4-7H2,1-3H3. The average Bonchev–Trinajstić information content (AvgIpc) is 2.56. The van der Waals surface area contributed by atoms with Gasteiger partial charge in [0.25, 0.3) is 0 Å². The minimum Gasteiger partial charge on any atom is -0.342 e. The van der Waals surface area contributed by atoms with Crippen LogP contribution in [0.2, 0.25) is 0 Å². The maximum absolute atomic E-state index is 11.7. The van der Waals surface area contributed by atoms with Crippen LogP contribution in [0.15, 0.2) is 0 Å². The quantitative estimate of drug-likeness (QED) is 0.607. The molecule has 2 heteroatoms. The fourth-order valence-electron chi connectivity index (χ4n) is 4.73. The van der Waals surface area contributed by atoms with Crippen molar-refractivity contribution in [2.45, 2.75) is 80.1 Å². The Balaban J connectivity index is 0.000000271. The van der Waals surface area contributed by atoms with Gasteiger partial charge in [0.1, 0.15) is 0 Å². The third-order valence-corrected chi connectivity index (χ3v) is 6.51. The van der Waals surface area contributed by atoms with Gasteiger partial charge in [0.15, 0.2) is 0 Å². The highest BCUT2D eigenvalue weighted by molar-refractivity contribution is 5.78. The van der Waals surface area contributed by atoms with Gasteiger partial charge in [-0.25, -0.2) is 0 Å². The molecule has 0 N–H and O–H groups in total. The first-order valence-corrected chi connectivity index (χ1v) is 10.5. The van der Waals surface area contributed by atoms with Crippen molar-refractivity contribution in [2.75, 3.05) is 13.1 Å². The molecular weight excluding hydrogens is 306 g/mol. The van der Waals surface area contributed by atoms with E-state index in [9.17, 15) is 4.79 Å². The van der Waals surface area contributed by atoms with E-state index in [2.05, 4.69) is 47.5 Å². The van der Waals surface area contributed by atoms with Crippen LogP contribution in [0.25, 0.3) is 0 Å². The molecular formula is C23H41NO. The van der Waals surface area contributed by atoms with Crippen LogP contribution in [-0.4, -0.2) is 23.9 Å². The molecule has 4 unspecified atom stereocenters. The van der Waals surface area contributed by atoms with Crippen LogP contribution < -0.4 is 0 Å². The summed E-state index contributed by atoms with van der Waals surface area (Å²) in [5.41, 5.74) is 0. The molecule has 25 heavy (non-hydrogen) atoms. The molecule has 2 rings (SSSR count).